The Hall–Kier alpha value is -1.95. The molecule has 0 fully saturated rings. The van der Waals surface area contributed by atoms with E-state index in [1.54, 1.807) is 29.2 Å². The molecule has 0 aliphatic rings. The summed E-state index contributed by atoms with van der Waals surface area (Å²) in [5.74, 6) is 0.885. The minimum atomic E-state index is 0.0191. The van der Waals surface area contributed by atoms with Crippen molar-refractivity contribution in [3.05, 3.63) is 46.9 Å². The average molecular weight is 247 g/mol. The van der Waals surface area contributed by atoms with Crippen molar-refractivity contribution in [2.24, 2.45) is 7.05 Å². The molecule has 1 N–H and O–H groups in total. The van der Waals surface area contributed by atoms with E-state index in [1.807, 2.05) is 24.6 Å². The van der Waals surface area contributed by atoms with Gasteiger partial charge in [-0.25, -0.2) is 0 Å². The van der Waals surface area contributed by atoms with Gasteiger partial charge in [-0.1, -0.05) is 6.07 Å². The van der Waals surface area contributed by atoms with Gasteiger partial charge >= 0.3 is 0 Å². The third-order valence-corrected chi connectivity index (χ3v) is 2.84. The van der Waals surface area contributed by atoms with Crippen LogP contribution in [0.3, 0.4) is 0 Å². The second-order valence-corrected chi connectivity index (χ2v) is 4.21. The van der Waals surface area contributed by atoms with E-state index in [1.165, 1.54) is 0 Å². The highest BCUT2D eigenvalue weighted by Gasteiger charge is 2.09. The molecule has 0 amide bonds. The Labute approximate surface area is 105 Å². The van der Waals surface area contributed by atoms with Gasteiger partial charge in [-0.05, 0) is 13.0 Å². The molecule has 0 spiro atoms. The number of nitrogens with zero attached hydrogens (tertiary/aromatic N) is 4. The van der Waals surface area contributed by atoms with Crippen LogP contribution in [0.1, 0.15) is 18.8 Å². The molecule has 0 bridgehead atoms. The summed E-state index contributed by atoms with van der Waals surface area (Å²) in [6.45, 7) is 3.37. The zero-order valence-corrected chi connectivity index (χ0v) is 10.6. The van der Waals surface area contributed by atoms with Gasteiger partial charge in [-0.2, -0.15) is 0 Å². The van der Waals surface area contributed by atoms with Crippen molar-refractivity contribution in [3.8, 4) is 0 Å². The molecule has 0 aliphatic carbocycles. The largest absolute Gasteiger partial charge is 0.319 e. The summed E-state index contributed by atoms with van der Waals surface area (Å²) in [5, 5.41) is 11.2. The third kappa shape index (κ3) is 2.84. The summed E-state index contributed by atoms with van der Waals surface area (Å²) < 4.78 is 3.56. The summed E-state index contributed by atoms with van der Waals surface area (Å²) in [7, 11) is 1.91. The maximum Gasteiger partial charge on any atom is 0.250 e. The fourth-order valence-electron chi connectivity index (χ4n) is 1.82. The molecule has 6 heteroatoms. The monoisotopic (exact) mass is 247 g/mol. The first kappa shape index (κ1) is 12.5. The van der Waals surface area contributed by atoms with Gasteiger partial charge in [0.1, 0.15) is 12.2 Å². The molecule has 18 heavy (non-hydrogen) atoms. The van der Waals surface area contributed by atoms with Crippen LogP contribution in [0.15, 0.2) is 35.5 Å². The molecule has 2 aromatic heterocycles. The first-order valence-electron chi connectivity index (χ1n) is 5.91. The Bertz CT molecular complexity index is 559. The first-order valence-corrected chi connectivity index (χ1v) is 5.91. The highest BCUT2D eigenvalue weighted by molar-refractivity contribution is 4.94. The molecular weight excluding hydrogens is 230 g/mol. The van der Waals surface area contributed by atoms with Crippen LogP contribution in [0.5, 0.6) is 0 Å². The molecule has 0 aliphatic heterocycles. The van der Waals surface area contributed by atoms with Crippen molar-refractivity contribution < 1.29 is 0 Å². The van der Waals surface area contributed by atoms with Crippen molar-refractivity contribution in [3.63, 3.8) is 0 Å². The van der Waals surface area contributed by atoms with Crippen LogP contribution < -0.4 is 10.9 Å². The molecule has 0 aromatic carbocycles. The van der Waals surface area contributed by atoms with Gasteiger partial charge in [-0.3, -0.25) is 4.79 Å². The Morgan fingerprint density at radius 3 is 2.94 bits per heavy atom. The highest BCUT2D eigenvalue weighted by atomic mass is 16.1. The smallest absolute Gasteiger partial charge is 0.250 e. The predicted octanol–water partition coefficient (Wildman–Crippen LogP) is 0.328. The number of pyridine rings is 1. The van der Waals surface area contributed by atoms with Gasteiger partial charge in [0.2, 0.25) is 0 Å². The number of hydrogen-bond donors (Lipinski definition) is 1. The lowest BCUT2D eigenvalue weighted by molar-refractivity contribution is 0.496. The van der Waals surface area contributed by atoms with Crippen LogP contribution in [0, 0.1) is 0 Å². The SMILES string of the molecule is CC(NCCn1ccccc1=O)c1nncn1C. The van der Waals surface area contributed by atoms with Crippen molar-refractivity contribution in [1.82, 2.24) is 24.6 Å². The normalized spacial score (nSPS) is 12.6. The summed E-state index contributed by atoms with van der Waals surface area (Å²) in [4.78, 5) is 11.5. The predicted molar refractivity (Wildman–Crippen MR) is 68.1 cm³/mol. The summed E-state index contributed by atoms with van der Waals surface area (Å²) in [6.07, 6.45) is 3.46. The number of rotatable bonds is 5. The maximum atomic E-state index is 11.5. The summed E-state index contributed by atoms with van der Waals surface area (Å²) in [6, 6.07) is 5.27. The van der Waals surface area contributed by atoms with E-state index in [0.717, 1.165) is 5.82 Å². The van der Waals surface area contributed by atoms with E-state index < -0.39 is 0 Å². The third-order valence-electron chi connectivity index (χ3n) is 2.84. The van der Waals surface area contributed by atoms with Crippen molar-refractivity contribution in [2.75, 3.05) is 6.54 Å². The lowest BCUT2D eigenvalue weighted by Crippen LogP contribution is -2.28. The molecule has 96 valence electrons. The Balaban J connectivity index is 1.88. The second-order valence-electron chi connectivity index (χ2n) is 4.21. The molecule has 2 aromatic rings. The minimum absolute atomic E-state index is 0.0191. The molecule has 1 atom stereocenters. The standard InChI is InChI=1S/C12H17N5O/c1-10(12-15-14-9-16(12)2)13-6-8-17-7-4-3-5-11(17)18/h3-5,7,9-10,13H,6,8H2,1-2H3. The minimum Gasteiger partial charge on any atom is -0.319 e. The second kappa shape index (κ2) is 5.59. The number of hydrogen-bond acceptors (Lipinski definition) is 4. The van der Waals surface area contributed by atoms with Gasteiger partial charge in [0.25, 0.3) is 5.56 Å². The molecule has 2 rings (SSSR count). The van der Waals surface area contributed by atoms with Crippen molar-refractivity contribution in [2.45, 2.75) is 19.5 Å². The Kier molecular flexibility index (Phi) is 3.88. The summed E-state index contributed by atoms with van der Waals surface area (Å²) >= 11 is 0. The topological polar surface area (TPSA) is 64.7 Å². The molecular formula is C12H17N5O. The van der Waals surface area contributed by atoms with Gasteiger partial charge in [0.15, 0.2) is 0 Å². The van der Waals surface area contributed by atoms with E-state index in [-0.39, 0.29) is 11.6 Å². The lowest BCUT2D eigenvalue weighted by Gasteiger charge is -2.13. The van der Waals surface area contributed by atoms with Crippen molar-refractivity contribution in [1.29, 1.82) is 0 Å². The van der Waals surface area contributed by atoms with E-state index >= 15 is 0 Å². The van der Waals surface area contributed by atoms with Gasteiger partial charge in [0.05, 0.1) is 6.04 Å². The van der Waals surface area contributed by atoms with Crippen LogP contribution in [0.4, 0.5) is 0 Å². The van der Waals surface area contributed by atoms with Gasteiger partial charge < -0.3 is 14.5 Å². The molecule has 6 nitrogen and oxygen atoms in total. The zero-order valence-electron chi connectivity index (χ0n) is 10.6. The maximum absolute atomic E-state index is 11.5. The number of aromatic nitrogens is 4. The summed E-state index contributed by atoms with van der Waals surface area (Å²) in [5.41, 5.74) is 0.0191. The Morgan fingerprint density at radius 1 is 1.44 bits per heavy atom. The molecule has 0 radical (unpaired) electrons. The Morgan fingerprint density at radius 2 is 2.28 bits per heavy atom. The van der Waals surface area contributed by atoms with E-state index in [4.69, 9.17) is 0 Å². The van der Waals surface area contributed by atoms with Crippen molar-refractivity contribution >= 4 is 0 Å². The highest BCUT2D eigenvalue weighted by Crippen LogP contribution is 2.05. The molecule has 2 heterocycles. The lowest BCUT2D eigenvalue weighted by atomic mass is 10.3. The van der Waals surface area contributed by atoms with E-state index in [9.17, 15) is 4.79 Å². The average Bonchev–Trinajstić information content (AvgIpc) is 2.78. The zero-order chi connectivity index (χ0) is 13.0. The van der Waals surface area contributed by atoms with Crippen LogP contribution in [-0.4, -0.2) is 25.9 Å². The fourth-order valence-corrected chi connectivity index (χ4v) is 1.82. The van der Waals surface area contributed by atoms with Crippen LogP contribution in [0.25, 0.3) is 0 Å². The molecule has 0 saturated heterocycles. The van der Waals surface area contributed by atoms with Crippen LogP contribution in [0.2, 0.25) is 0 Å². The van der Waals surface area contributed by atoms with E-state index in [2.05, 4.69) is 15.5 Å². The first-order chi connectivity index (χ1) is 8.68. The fraction of sp³-hybridized carbons (Fsp3) is 0.417. The quantitative estimate of drug-likeness (QED) is 0.827. The number of aryl methyl sites for hydroxylation is 1. The molecule has 1 unspecified atom stereocenters. The number of nitrogens with one attached hydrogen (secondary N) is 1. The molecule has 0 saturated carbocycles. The van der Waals surface area contributed by atoms with E-state index in [0.29, 0.717) is 13.1 Å². The van der Waals surface area contributed by atoms with Crippen LogP contribution in [-0.2, 0) is 13.6 Å². The van der Waals surface area contributed by atoms with Gasteiger partial charge in [0, 0.05) is 32.4 Å². The van der Waals surface area contributed by atoms with Crippen LogP contribution >= 0.6 is 0 Å². The van der Waals surface area contributed by atoms with Gasteiger partial charge in [-0.15, -0.1) is 10.2 Å².